The lowest BCUT2D eigenvalue weighted by Crippen LogP contribution is -2.49. The van der Waals surface area contributed by atoms with E-state index in [0.29, 0.717) is 29.5 Å². The summed E-state index contributed by atoms with van der Waals surface area (Å²) in [5.74, 6) is 0.765. The molecule has 0 bridgehead atoms. The molecular formula is C18H19ClN6O. The highest BCUT2D eigenvalue weighted by Gasteiger charge is 2.32. The van der Waals surface area contributed by atoms with E-state index in [9.17, 15) is 4.79 Å². The summed E-state index contributed by atoms with van der Waals surface area (Å²) in [7, 11) is 1.94. The van der Waals surface area contributed by atoms with Gasteiger partial charge in [0.2, 0.25) is 0 Å². The van der Waals surface area contributed by atoms with Gasteiger partial charge in [-0.15, -0.1) is 0 Å². The number of carbonyl (C=O) groups excluding carboxylic acids is 1. The molecule has 1 atom stereocenters. The van der Waals surface area contributed by atoms with Gasteiger partial charge in [0.25, 0.3) is 5.91 Å². The molecule has 0 radical (unpaired) electrons. The first-order chi connectivity index (χ1) is 12.6. The molecule has 3 heterocycles. The van der Waals surface area contributed by atoms with Crippen molar-refractivity contribution in [1.82, 2.24) is 30.0 Å². The van der Waals surface area contributed by atoms with Crippen LogP contribution < -0.4 is 5.32 Å². The fraction of sp³-hybridized carbons (Fsp3) is 0.278. The minimum Gasteiger partial charge on any atom is -0.336 e. The van der Waals surface area contributed by atoms with Crippen molar-refractivity contribution in [3.8, 4) is 11.3 Å². The average molecular weight is 371 g/mol. The van der Waals surface area contributed by atoms with Gasteiger partial charge in [-0.25, -0.2) is 4.98 Å². The number of rotatable bonds is 3. The van der Waals surface area contributed by atoms with E-state index in [2.05, 4.69) is 20.5 Å². The first kappa shape index (κ1) is 16.8. The number of aromatic nitrogens is 4. The van der Waals surface area contributed by atoms with Crippen LogP contribution in [0, 0.1) is 0 Å². The molecular weight excluding hydrogens is 352 g/mol. The van der Waals surface area contributed by atoms with Crippen LogP contribution in [0.15, 0.2) is 42.7 Å². The van der Waals surface area contributed by atoms with Crippen LogP contribution in [-0.2, 0) is 7.05 Å². The minimum absolute atomic E-state index is 0.0923. The average Bonchev–Trinajstić information content (AvgIpc) is 3.31. The second-order valence-electron chi connectivity index (χ2n) is 6.26. The summed E-state index contributed by atoms with van der Waals surface area (Å²) in [6, 6.07) is 9.08. The van der Waals surface area contributed by atoms with Gasteiger partial charge in [0.15, 0.2) is 0 Å². The monoisotopic (exact) mass is 370 g/mol. The van der Waals surface area contributed by atoms with Crippen LogP contribution >= 0.6 is 11.6 Å². The third-order valence-electron chi connectivity index (χ3n) is 4.62. The number of benzene rings is 1. The molecule has 0 saturated carbocycles. The number of aromatic amines is 1. The first-order valence-electron chi connectivity index (χ1n) is 8.44. The Labute approximate surface area is 156 Å². The number of hydrogen-bond acceptors (Lipinski definition) is 4. The molecule has 0 aliphatic carbocycles. The van der Waals surface area contributed by atoms with E-state index >= 15 is 0 Å². The zero-order valence-corrected chi connectivity index (χ0v) is 15.1. The van der Waals surface area contributed by atoms with Gasteiger partial charge in [-0.3, -0.25) is 9.89 Å². The summed E-state index contributed by atoms with van der Waals surface area (Å²) < 4.78 is 1.94. The number of imidazole rings is 1. The van der Waals surface area contributed by atoms with Gasteiger partial charge in [-0.05, 0) is 12.1 Å². The summed E-state index contributed by atoms with van der Waals surface area (Å²) in [4.78, 5) is 19.4. The molecule has 2 N–H and O–H groups in total. The Morgan fingerprint density at radius 1 is 1.35 bits per heavy atom. The molecule has 1 fully saturated rings. The third kappa shape index (κ3) is 3.00. The summed E-state index contributed by atoms with van der Waals surface area (Å²) in [6.45, 7) is 2.02. The van der Waals surface area contributed by atoms with Crippen molar-refractivity contribution in [3.05, 3.63) is 59.3 Å². The van der Waals surface area contributed by atoms with Crippen LogP contribution in [0.25, 0.3) is 11.3 Å². The fourth-order valence-electron chi connectivity index (χ4n) is 3.27. The number of piperazine rings is 1. The number of aryl methyl sites for hydroxylation is 1. The molecule has 1 aliphatic rings. The van der Waals surface area contributed by atoms with E-state index in [0.717, 1.165) is 17.9 Å². The van der Waals surface area contributed by atoms with Crippen LogP contribution in [0.3, 0.4) is 0 Å². The second-order valence-corrected chi connectivity index (χ2v) is 6.67. The fourth-order valence-corrected chi connectivity index (χ4v) is 3.50. The van der Waals surface area contributed by atoms with Gasteiger partial charge in [-0.2, -0.15) is 5.10 Å². The Kier molecular flexibility index (Phi) is 4.48. The number of amides is 1. The lowest BCUT2D eigenvalue weighted by molar-refractivity contribution is 0.0614. The van der Waals surface area contributed by atoms with Crippen LogP contribution in [0.4, 0.5) is 0 Å². The molecule has 3 aromatic rings. The van der Waals surface area contributed by atoms with Crippen molar-refractivity contribution in [2.24, 2.45) is 7.05 Å². The maximum atomic E-state index is 13.1. The minimum atomic E-state index is -0.122. The Balaban J connectivity index is 1.62. The quantitative estimate of drug-likeness (QED) is 0.741. The molecule has 1 aromatic carbocycles. The molecule has 1 amide bonds. The SMILES string of the molecule is Cn1ccnc1C1CNCCN1C(=O)c1cc(-c2ccccc2Cl)n[nH]1. The molecule has 1 saturated heterocycles. The van der Waals surface area contributed by atoms with Crippen LogP contribution in [0.1, 0.15) is 22.4 Å². The van der Waals surface area contributed by atoms with Crippen molar-refractivity contribution in [3.63, 3.8) is 0 Å². The number of nitrogens with zero attached hydrogens (tertiary/aromatic N) is 4. The second kappa shape index (κ2) is 6.93. The van der Waals surface area contributed by atoms with E-state index in [-0.39, 0.29) is 11.9 Å². The molecule has 2 aromatic heterocycles. The van der Waals surface area contributed by atoms with Gasteiger partial charge in [0, 0.05) is 44.6 Å². The first-order valence-corrected chi connectivity index (χ1v) is 8.82. The molecule has 1 unspecified atom stereocenters. The lowest BCUT2D eigenvalue weighted by atomic mass is 10.1. The van der Waals surface area contributed by atoms with Gasteiger partial charge >= 0.3 is 0 Å². The summed E-state index contributed by atoms with van der Waals surface area (Å²) in [5, 5.41) is 11.1. The van der Waals surface area contributed by atoms with Gasteiger partial charge in [0.1, 0.15) is 17.6 Å². The largest absolute Gasteiger partial charge is 0.336 e. The Hall–Kier alpha value is -2.64. The number of H-pyrrole nitrogens is 1. The summed E-state index contributed by atoms with van der Waals surface area (Å²) >= 11 is 6.24. The highest BCUT2D eigenvalue weighted by molar-refractivity contribution is 6.33. The van der Waals surface area contributed by atoms with E-state index in [1.54, 1.807) is 18.3 Å². The Bertz CT molecular complexity index is 933. The van der Waals surface area contributed by atoms with Crippen molar-refractivity contribution < 1.29 is 4.79 Å². The predicted molar refractivity (Wildman–Crippen MR) is 98.9 cm³/mol. The Morgan fingerprint density at radius 3 is 2.96 bits per heavy atom. The van der Waals surface area contributed by atoms with Gasteiger partial charge in [-0.1, -0.05) is 29.8 Å². The number of nitrogens with one attached hydrogen (secondary N) is 2. The molecule has 4 rings (SSSR count). The van der Waals surface area contributed by atoms with Crippen molar-refractivity contribution >= 4 is 17.5 Å². The van der Waals surface area contributed by atoms with E-state index in [1.165, 1.54) is 0 Å². The van der Waals surface area contributed by atoms with Crippen LogP contribution in [0.2, 0.25) is 5.02 Å². The lowest BCUT2D eigenvalue weighted by Gasteiger charge is -2.35. The number of carbonyl (C=O) groups is 1. The zero-order valence-electron chi connectivity index (χ0n) is 14.3. The smallest absolute Gasteiger partial charge is 0.272 e. The van der Waals surface area contributed by atoms with Crippen molar-refractivity contribution in [2.45, 2.75) is 6.04 Å². The standard InChI is InChI=1S/C18H19ClN6O/c1-24-8-7-21-17(24)16-11-20-6-9-25(16)18(26)15-10-14(22-23-15)12-4-2-3-5-13(12)19/h2-5,7-8,10,16,20H,6,9,11H2,1H3,(H,22,23). The molecule has 7 nitrogen and oxygen atoms in total. The summed E-state index contributed by atoms with van der Waals surface area (Å²) in [5.41, 5.74) is 1.90. The topological polar surface area (TPSA) is 78.8 Å². The number of halogens is 1. The molecule has 134 valence electrons. The maximum absolute atomic E-state index is 13.1. The van der Waals surface area contributed by atoms with Crippen molar-refractivity contribution in [1.29, 1.82) is 0 Å². The summed E-state index contributed by atoms with van der Waals surface area (Å²) in [6.07, 6.45) is 3.64. The number of hydrogen-bond donors (Lipinski definition) is 2. The van der Waals surface area contributed by atoms with E-state index in [1.807, 2.05) is 40.9 Å². The third-order valence-corrected chi connectivity index (χ3v) is 4.95. The van der Waals surface area contributed by atoms with Gasteiger partial charge in [0.05, 0.1) is 10.7 Å². The molecule has 26 heavy (non-hydrogen) atoms. The van der Waals surface area contributed by atoms with E-state index in [4.69, 9.17) is 11.6 Å². The Morgan fingerprint density at radius 2 is 2.19 bits per heavy atom. The molecule has 1 aliphatic heterocycles. The normalized spacial score (nSPS) is 17.5. The predicted octanol–water partition coefficient (Wildman–Crippen LogP) is 2.25. The maximum Gasteiger partial charge on any atom is 0.272 e. The zero-order chi connectivity index (χ0) is 18.1. The highest BCUT2D eigenvalue weighted by Crippen LogP contribution is 2.28. The van der Waals surface area contributed by atoms with Crippen molar-refractivity contribution in [2.75, 3.05) is 19.6 Å². The molecule has 8 heteroatoms. The van der Waals surface area contributed by atoms with Crippen LogP contribution in [-0.4, -0.2) is 50.2 Å². The van der Waals surface area contributed by atoms with Crippen LogP contribution in [0.5, 0.6) is 0 Å². The van der Waals surface area contributed by atoms with E-state index < -0.39 is 0 Å². The molecule has 0 spiro atoms. The highest BCUT2D eigenvalue weighted by atomic mass is 35.5. The van der Waals surface area contributed by atoms with Gasteiger partial charge < -0.3 is 14.8 Å².